The molecule has 1 heterocycles. The molecule has 0 atom stereocenters. The molecule has 0 radical (unpaired) electrons. The third-order valence-electron chi connectivity index (χ3n) is 5.76. The van der Waals surface area contributed by atoms with Gasteiger partial charge in [0.1, 0.15) is 0 Å². The van der Waals surface area contributed by atoms with Crippen molar-refractivity contribution in [2.45, 2.75) is 38.2 Å². The van der Waals surface area contributed by atoms with Crippen LogP contribution in [0.2, 0.25) is 0 Å². The lowest BCUT2D eigenvalue weighted by Gasteiger charge is -2.13. The van der Waals surface area contributed by atoms with Crippen LogP contribution in [-0.4, -0.2) is 25.7 Å². The number of nitro groups is 1. The van der Waals surface area contributed by atoms with Crippen LogP contribution in [0.25, 0.3) is 5.69 Å². The first-order valence-electron chi connectivity index (χ1n) is 11.3. The molecule has 0 bridgehead atoms. The summed E-state index contributed by atoms with van der Waals surface area (Å²) in [4.78, 5) is 23.3. The Labute approximate surface area is 213 Å². The SMILES string of the molecule is Cc1ccccc1CSc1nnc(CNC(=O)Nc2c(C)cccc2C)n1-c1ccc([N+](=O)[O-])cc1. The van der Waals surface area contributed by atoms with Crippen molar-refractivity contribution in [1.82, 2.24) is 20.1 Å². The van der Waals surface area contributed by atoms with Crippen molar-refractivity contribution in [1.29, 1.82) is 0 Å². The summed E-state index contributed by atoms with van der Waals surface area (Å²) in [7, 11) is 0. The first kappa shape index (κ1) is 24.9. The number of carbonyl (C=O) groups is 1. The van der Waals surface area contributed by atoms with Gasteiger partial charge in [0, 0.05) is 29.3 Å². The maximum atomic E-state index is 12.7. The van der Waals surface area contributed by atoms with Gasteiger partial charge in [0.25, 0.3) is 5.69 Å². The summed E-state index contributed by atoms with van der Waals surface area (Å²) in [6.45, 7) is 6.05. The molecule has 2 N–H and O–H groups in total. The highest BCUT2D eigenvalue weighted by molar-refractivity contribution is 7.98. The zero-order valence-corrected chi connectivity index (χ0v) is 21.0. The molecule has 4 rings (SSSR count). The molecule has 9 nitrogen and oxygen atoms in total. The van der Waals surface area contributed by atoms with Crippen LogP contribution in [0.4, 0.5) is 16.2 Å². The number of nitrogens with zero attached hydrogens (tertiary/aromatic N) is 4. The molecular weight excluding hydrogens is 476 g/mol. The number of benzene rings is 3. The van der Waals surface area contributed by atoms with E-state index in [1.54, 1.807) is 12.1 Å². The van der Waals surface area contributed by atoms with E-state index in [2.05, 4.69) is 39.9 Å². The van der Waals surface area contributed by atoms with Crippen LogP contribution < -0.4 is 10.6 Å². The third kappa shape index (κ3) is 5.72. The Morgan fingerprint density at radius 3 is 2.28 bits per heavy atom. The number of aromatic nitrogens is 3. The summed E-state index contributed by atoms with van der Waals surface area (Å²) in [5, 5.41) is 26.2. The van der Waals surface area contributed by atoms with Gasteiger partial charge in [0.2, 0.25) is 0 Å². The van der Waals surface area contributed by atoms with E-state index >= 15 is 0 Å². The third-order valence-corrected chi connectivity index (χ3v) is 6.74. The van der Waals surface area contributed by atoms with Crippen LogP contribution >= 0.6 is 11.8 Å². The molecule has 0 aliphatic carbocycles. The number of aryl methyl sites for hydroxylation is 3. The topological polar surface area (TPSA) is 115 Å². The Morgan fingerprint density at radius 1 is 0.944 bits per heavy atom. The zero-order chi connectivity index (χ0) is 25.7. The van der Waals surface area contributed by atoms with Gasteiger partial charge < -0.3 is 10.6 Å². The molecule has 184 valence electrons. The number of hydrogen-bond donors (Lipinski definition) is 2. The Morgan fingerprint density at radius 2 is 1.61 bits per heavy atom. The number of thioether (sulfide) groups is 1. The van der Waals surface area contributed by atoms with Gasteiger partial charge in [0.05, 0.1) is 11.5 Å². The number of carbonyl (C=O) groups excluding carboxylic acids is 1. The minimum absolute atomic E-state index is 0.00593. The number of para-hydroxylation sites is 1. The Bertz CT molecular complexity index is 1380. The Hall–Kier alpha value is -4.18. The molecule has 0 saturated heterocycles. The van der Waals surface area contributed by atoms with Gasteiger partial charge in [-0.05, 0) is 55.2 Å². The van der Waals surface area contributed by atoms with Crippen molar-refractivity contribution >= 4 is 29.2 Å². The highest BCUT2D eigenvalue weighted by Gasteiger charge is 2.17. The summed E-state index contributed by atoms with van der Waals surface area (Å²) in [5.41, 5.74) is 5.72. The van der Waals surface area contributed by atoms with Crippen molar-refractivity contribution < 1.29 is 9.72 Å². The Kier molecular flexibility index (Phi) is 7.65. The number of nitro benzene ring substituents is 1. The normalized spacial score (nSPS) is 10.8. The van der Waals surface area contributed by atoms with Crippen LogP contribution in [0, 0.1) is 30.9 Å². The number of urea groups is 1. The zero-order valence-electron chi connectivity index (χ0n) is 20.2. The molecule has 10 heteroatoms. The highest BCUT2D eigenvalue weighted by Crippen LogP contribution is 2.27. The molecule has 3 aromatic carbocycles. The van der Waals surface area contributed by atoms with Crippen LogP contribution in [0.15, 0.2) is 71.9 Å². The van der Waals surface area contributed by atoms with E-state index in [0.29, 0.717) is 22.4 Å². The number of non-ortho nitro benzene ring substituents is 1. The van der Waals surface area contributed by atoms with E-state index in [-0.39, 0.29) is 18.3 Å². The van der Waals surface area contributed by atoms with Gasteiger partial charge in [-0.3, -0.25) is 14.7 Å². The molecule has 36 heavy (non-hydrogen) atoms. The van der Waals surface area contributed by atoms with Crippen molar-refractivity contribution in [2.75, 3.05) is 5.32 Å². The van der Waals surface area contributed by atoms with Crippen molar-refractivity contribution in [3.05, 3.63) is 105 Å². The molecule has 0 unspecified atom stereocenters. The summed E-state index contributed by atoms with van der Waals surface area (Å²) < 4.78 is 1.81. The molecule has 1 aromatic heterocycles. The van der Waals surface area contributed by atoms with Gasteiger partial charge in [-0.1, -0.05) is 54.2 Å². The number of rotatable bonds is 8. The summed E-state index contributed by atoms with van der Waals surface area (Å²) in [6.07, 6.45) is 0. The number of hydrogen-bond acceptors (Lipinski definition) is 6. The van der Waals surface area contributed by atoms with Crippen molar-refractivity contribution in [2.24, 2.45) is 0 Å². The van der Waals surface area contributed by atoms with Gasteiger partial charge in [0.15, 0.2) is 11.0 Å². The standard InChI is InChI=1S/C26H26N6O3S/c1-17-7-4-5-10-20(17)16-36-26-30-29-23(31(26)21-11-13-22(14-12-21)32(34)35)15-27-25(33)28-24-18(2)8-6-9-19(24)3/h4-14H,15-16H2,1-3H3,(H2,27,28,33). The maximum Gasteiger partial charge on any atom is 0.319 e. The second kappa shape index (κ2) is 11.0. The average molecular weight is 503 g/mol. The summed E-state index contributed by atoms with van der Waals surface area (Å²) in [6, 6.07) is 19.7. The predicted octanol–water partition coefficient (Wildman–Crippen LogP) is 5.71. The molecule has 0 saturated carbocycles. The molecule has 0 fully saturated rings. The predicted molar refractivity (Wildman–Crippen MR) is 141 cm³/mol. The minimum Gasteiger partial charge on any atom is -0.331 e. The number of nitrogens with one attached hydrogen (secondary N) is 2. The second-order valence-corrected chi connectivity index (χ2v) is 9.24. The van der Waals surface area contributed by atoms with Crippen LogP contribution in [0.5, 0.6) is 0 Å². The van der Waals surface area contributed by atoms with Crippen LogP contribution in [0.1, 0.15) is 28.1 Å². The Balaban J connectivity index is 1.56. The second-order valence-electron chi connectivity index (χ2n) is 8.30. The first-order valence-corrected chi connectivity index (χ1v) is 12.3. The fraction of sp³-hybridized carbons (Fsp3) is 0.192. The lowest BCUT2D eigenvalue weighted by Crippen LogP contribution is -2.30. The largest absolute Gasteiger partial charge is 0.331 e. The van der Waals surface area contributed by atoms with Crippen LogP contribution in [-0.2, 0) is 12.3 Å². The fourth-order valence-electron chi connectivity index (χ4n) is 3.73. The van der Waals surface area contributed by atoms with Gasteiger partial charge in [-0.25, -0.2) is 4.79 Å². The number of amides is 2. The smallest absolute Gasteiger partial charge is 0.319 e. The van der Waals surface area contributed by atoms with Gasteiger partial charge in [-0.2, -0.15) is 0 Å². The lowest BCUT2D eigenvalue weighted by atomic mass is 10.1. The quantitative estimate of drug-likeness (QED) is 0.181. The van der Waals surface area contributed by atoms with E-state index in [4.69, 9.17) is 0 Å². The lowest BCUT2D eigenvalue weighted by molar-refractivity contribution is -0.384. The van der Waals surface area contributed by atoms with E-state index < -0.39 is 4.92 Å². The van der Waals surface area contributed by atoms with E-state index in [0.717, 1.165) is 16.8 Å². The fourth-order valence-corrected chi connectivity index (χ4v) is 4.78. The van der Waals surface area contributed by atoms with E-state index in [1.807, 2.05) is 48.7 Å². The van der Waals surface area contributed by atoms with Gasteiger partial charge >= 0.3 is 6.03 Å². The molecule has 4 aromatic rings. The summed E-state index contributed by atoms with van der Waals surface area (Å²) in [5.74, 6) is 1.19. The van der Waals surface area contributed by atoms with Crippen molar-refractivity contribution in [3.8, 4) is 5.69 Å². The molecular formula is C26H26N6O3S. The van der Waals surface area contributed by atoms with Crippen LogP contribution in [0.3, 0.4) is 0 Å². The molecule has 2 amide bonds. The molecule has 0 aliphatic heterocycles. The number of anilines is 1. The highest BCUT2D eigenvalue weighted by atomic mass is 32.2. The first-order chi connectivity index (χ1) is 17.3. The summed E-state index contributed by atoms with van der Waals surface area (Å²) >= 11 is 1.51. The monoisotopic (exact) mass is 502 g/mol. The molecule has 0 aliphatic rings. The van der Waals surface area contributed by atoms with Gasteiger partial charge in [-0.15, -0.1) is 10.2 Å². The van der Waals surface area contributed by atoms with E-state index in [9.17, 15) is 14.9 Å². The van der Waals surface area contributed by atoms with E-state index in [1.165, 1.54) is 35.0 Å². The molecule has 0 spiro atoms. The maximum absolute atomic E-state index is 12.7. The average Bonchev–Trinajstić information content (AvgIpc) is 3.27. The van der Waals surface area contributed by atoms with Crippen molar-refractivity contribution in [3.63, 3.8) is 0 Å². The minimum atomic E-state index is -0.440.